The first-order chi connectivity index (χ1) is 15.8. The fourth-order valence-electron chi connectivity index (χ4n) is 4.77. The lowest BCUT2D eigenvalue weighted by Gasteiger charge is -2.32. The monoisotopic (exact) mass is 445 g/mol. The van der Waals surface area contributed by atoms with Gasteiger partial charge in [0.1, 0.15) is 11.6 Å². The molecular weight excluding hydrogens is 414 g/mol. The fourth-order valence-corrected chi connectivity index (χ4v) is 5.43. The van der Waals surface area contributed by atoms with Crippen LogP contribution in [0.5, 0.6) is 5.75 Å². The largest absolute Gasteiger partial charge is 0.497 e. The molecule has 1 aliphatic rings. The number of nitrogens with zero attached hydrogens (tertiary/aromatic N) is 3. The molecule has 0 atom stereocenters. The molecule has 0 bridgehead atoms. The lowest BCUT2D eigenvalue weighted by atomic mass is 9.93. The Labute approximate surface area is 194 Å². The summed E-state index contributed by atoms with van der Waals surface area (Å²) in [5, 5.41) is 4.41. The van der Waals surface area contributed by atoms with E-state index in [0.29, 0.717) is 5.92 Å². The maximum Gasteiger partial charge on any atom is 0.118 e. The molecule has 0 aliphatic carbocycles. The van der Waals surface area contributed by atoms with Crippen LogP contribution >= 0.6 is 11.3 Å². The van der Waals surface area contributed by atoms with E-state index in [9.17, 15) is 0 Å². The number of hydrogen-bond donors (Lipinski definition) is 0. The Kier molecular flexibility index (Phi) is 6.56. The standard InChI is InChI=1S/C27H31N3OS/c1-31-24-8-6-21(7-9-24)10-14-29-15-11-22(12-16-29)18-27-28-25-4-2-3-5-26(25)30(27)19-23-13-17-32-20-23/h2-9,13,17,20,22H,10-12,14-16,18-19H2,1H3. The highest BCUT2D eigenvalue weighted by atomic mass is 32.1. The maximum atomic E-state index is 5.26. The van der Waals surface area contributed by atoms with Gasteiger partial charge in [-0.25, -0.2) is 4.98 Å². The average molecular weight is 446 g/mol. The zero-order valence-electron chi connectivity index (χ0n) is 18.7. The molecule has 4 aromatic rings. The number of benzene rings is 2. The summed E-state index contributed by atoms with van der Waals surface area (Å²) in [5.74, 6) is 2.89. The molecule has 1 saturated heterocycles. The van der Waals surface area contributed by atoms with Gasteiger partial charge >= 0.3 is 0 Å². The van der Waals surface area contributed by atoms with E-state index in [2.05, 4.69) is 74.8 Å². The first kappa shape index (κ1) is 21.2. The van der Waals surface area contributed by atoms with Crippen LogP contribution in [0.25, 0.3) is 11.0 Å². The predicted octanol–water partition coefficient (Wildman–Crippen LogP) is 5.65. The summed E-state index contributed by atoms with van der Waals surface area (Å²) in [6, 6.07) is 19.3. The number of imidazole rings is 1. The molecule has 4 nitrogen and oxygen atoms in total. The summed E-state index contributed by atoms with van der Waals surface area (Å²) in [6.45, 7) is 4.42. The molecule has 5 rings (SSSR count). The summed E-state index contributed by atoms with van der Waals surface area (Å²) < 4.78 is 7.70. The van der Waals surface area contributed by atoms with Crippen LogP contribution < -0.4 is 4.74 Å². The molecule has 32 heavy (non-hydrogen) atoms. The van der Waals surface area contributed by atoms with Crippen LogP contribution in [0.3, 0.4) is 0 Å². The third-order valence-corrected chi connectivity index (χ3v) is 7.44. The quantitative estimate of drug-likeness (QED) is 0.351. The first-order valence-corrected chi connectivity index (χ1v) is 12.5. The number of rotatable bonds is 8. The van der Waals surface area contributed by atoms with Crippen molar-refractivity contribution in [3.63, 3.8) is 0 Å². The van der Waals surface area contributed by atoms with Crippen LogP contribution in [0.1, 0.15) is 29.8 Å². The second-order valence-corrected chi connectivity index (χ2v) is 9.60. The molecule has 0 N–H and O–H groups in total. The zero-order chi connectivity index (χ0) is 21.8. The van der Waals surface area contributed by atoms with Crippen LogP contribution in [0, 0.1) is 5.92 Å². The molecule has 2 aromatic carbocycles. The second kappa shape index (κ2) is 9.88. The highest BCUT2D eigenvalue weighted by molar-refractivity contribution is 7.07. The molecule has 0 saturated carbocycles. The summed E-state index contributed by atoms with van der Waals surface area (Å²) in [6.07, 6.45) is 4.69. The minimum Gasteiger partial charge on any atom is -0.497 e. The lowest BCUT2D eigenvalue weighted by Crippen LogP contribution is -2.36. The number of fused-ring (bicyclic) bond motifs is 1. The van der Waals surface area contributed by atoms with E-state index < -0.39 is 0 Å². The molecule has 0 unspecified atom stereocenters. The van der Waals surface area contributed by atoms with Gasteiger partial charge in [-0.05, 0) is 90.5 Å². The minimum atomic E-state index is 0.713. The molecule has 0 spiro atoms. The molecule has 166 valence electrons. The predicted molar refractivity (Wildman–Crippen MR) is 133 cm³/mol. The van der Waals surface area contributed by atoms with Crippen molar-refractivity contribution in [1.82, 2.24) is 14.5 Å². The van der Waals surface area contributed by atoms with Crippen molar-refractivity contribution in [2.45, 2.75) is 32.2 Å². The molecule has 5 heteroatoms. The highest BCUT2D eigenvalue weighted by Gasteiger charge is 2.22. The topological polar surface area (TPSA) is 30.3 Å². The number of para-hydroxylation sites is 2. The maximum absolute atomic E-state index is 5.26. The van der Waals surface area contributed by atoms with E-state index in [0.717, 1.165) is 37.2 Å². The van der Waals surface area contributed by atoms with E-state index in [-0.39, 0.29) is 0 Å². The van der Waals surface area contributed by atoms with Crippen molar-refractivity contribution in [3.8, 4) is 5.75 Å². The van der Waals surface area contributed by atoms with Gasteiger partial charge in [-0.1, -0.05) is 24.3 Å². The number of piperidine rings is 1. The van der Waals surface area contributed by atoms with Crippen molar-refractivity contribution < 1.29 is 4.74 Å². The summed E-state index contributed by atoms with van der Waals surface area (Å²) in [4.78, 5) is 7.66. The number of hydrogen-bond acceptors (Lipinski definition) is 4. The number of ether oxygens (including phenoxy) is 1. The van der Waals surface area contributed by atoms with Gasteiger partial charge in [0, 0.05) is 13.0 Å². The third-order valence-electron chi connectivity index (χ3n) is 6.71. The molecule has 1 aliphatic heterocycles. The van der Waals surface area contributed by atoms with Crippen LogP contribution in [-0.4, -0.2) is 41.2 Å². The van der Waals surface area contributed by atoms with Crippen LogP contribution in [-0.2, 0) is 19.4 Å². The normalized spacial score (nSPS) is 15.4. The molecular formula is C27H31N3OS. The Hall–Kier alpha value is -2.63. The van der Waals surface area contributed by atoms with Crippen molar-refractivity contribution in [1.29, 1.82) is 0 Å². The number of methoxy groups -OCH3 is 1. The minimum absolute atomic E-state index is 0.713. The Morgan fingerprint density at radius 2 is 1.81 bits per heavy atom. The molecule has 2 aromatic heterocycles. The Balaban J connectivity index is 1.19. The van der Waals surface area contributed by atoms with Crippen LogP contribution in [0.4, 0.5) is 0 Å². The van der Waals surface area contributed by atoms with Gasteiger partial charge in [0.2, 0.25) is 0 Å². The molecule has 0 amide bonds. The van der Waals surface area contributed by atoms with E-state index in [1.807, 2.05) is 0 Å². The van der Waals surface area contributed by atoms with E-state index in [4.69, 9.17) is 9.72 Å². The van der Waals surface area contributed by atoms with E-state index in [1.54, 1.807) is 18.4 Å². The SMILES string of the molecule is COc1ccc(CCN2CCC(Cc3nc4ccccc4n3Cc3ccsc3)CC2)cc1. The number of aromatic nitrogens is 2. The van der Waals surface area contributed by atoms with E-state index >= 15 is 0 Å². The fraction of sp³-hybridized carbons (Fsp3) is 0.370. The van der Waals surface area contributed by atoms with Crippen molar-refractivity contribution in [3.05, 3.63) is 82.3 Å². The van der Waals surface area contributed by atoms with Crippen molar-refractivity contribution in [2.75, 3.05) is 26.7 Å². The van der Waals surface area contributed by atoms with Gasteiger partial charge in [0.15, 0.2) is 0 Å². The first-order valence-electron chi connectivity index (χ1n) is 11.6. The summed E-state index contributed by atoms with van der Waals surface area (Å²) in [5.41, 5.74) is 5.13. The van der Waals surface area contributed by atoms with Crippen molar-refractivity contribution in [2.24, 2.45) is 5.92 Å². The van der Waals surface area contributed by atoms with Gasteiger partial charge in [-0.3, -0.25) is 0 Å². The summed E-state index contributed by atoms with van der Waals surface area (Å²) in [7, 11) is 1.72. The van der Waals surface area contributed by atoms with Crippen LogP contribution in [0.2, 0.25) is 0 Å². The van der Waals surface area contributed by atoms with Gasteiger partial charge in [0.05, 0.1) is 24.7 Å². The lowest BCUT2D eigenvalue weighted by molar-refractivity contribution is 0.184. The highest BCUT2D eigenvalue weighted by Crippen LogP contribution is 2.25. The van der Waals surface area contributed by atoms with Gasteiger partial charge in [0.25, 0.3) is 0 Å². The van der Waals surface area contributed by atoms with Crippen molar-refractivity contribution >= 4 is 22.4 Å². The Morgan fingerprint density at radius 1 is 1.00 bits per heavy atom. The average Bonchev–Trinajstić information content (AvgIpc) is 3.47. The Bertz CT molecular complexity index is 1130. The van der Waals surface area contributed by atoms with Gasteiger partial charge < -0.3 is 14.2 Å². The summed E-state index contributed by atoms with van der Waals surface area (Å²) >= 11 is 1.77. The smallest absolute Gasteiger partial charge is 0.118 e. The zero-order valence-corrected chi connectivity index (χ0v) is 19.6. The van der Waals surface area contributed by atoms with Gasteiger partial charge in [-0.15, -0.1) is 0 Å². The van der Waals surface area contributed by atoms with E-state index in [1.165, 1.54) is 48.4 Å². The van der Waals surface area contributed by atoms with Gasteiger partial charge in [-0.2, -0.15) is 11.3 Å². The van der Waals surface area contributed by atoms with Crippen LogP contribution in [0.15, 0.2) is 65.4 Å². The number of thiophene rings is 1. The second-order valence-electron chi connectivity index (χ2n) is 8.82. The third kappa shape index (κ3) is 4.89. The molecule has 0 radical (unpaired) electrons. The molecule has 3 heterocycles. The molecule has 1 fully saturated rings. The number of likely N-dealkylation sites (tertiary alicyclic amines) is 1. The Morgan fingerprint density at radius 3 is 2.56 bits per heavy atom.